The molecule has 20 heavy (non-hydrogen) atoms. The van der Waals surface area contributed by atoms with Gasteiger partial charge in [0.15, 0.2) is 0 Å². The molecule has 1 aliphatic heterocycles. The van der Waals surface area contributed by atoms with E-state index in [1.54, 1.807) is 0 Å². The Morgan fingerprint density at radius 2 is 2.00 bits per heavy atom. The monoisotopic (exact) mass is 304 g/mol. The van der Waals surface area contributed by atoms with E-state index in [1.807, 2.05) is 0 Å². The van der Waals surface area contributed by atoms with Gasteiger partial charge in [0.25, 0.3) is 0 Å². The zero-order chi connectivity index (χ0) is 13.7. The molecule has 1 saturated heterocycles. The molecule has 0 radical (unpaired) electrons. The van der Waals surface area contributed by atoms with Crippen molar-refractivity contribution in [2.45, 2.75) is 58.1 Å². The van der Waals surface area contributed by atoms with E-state index in [1.165, 1.54) is 12.8 Å². The molecule has 0 bridgehead atoms. The highest BCUT2D eigenvalue weighted by atomic mass is 35.5. The molecule has 4 unspecified atom stereocenters. The number of nitrogens with one attached hydrogen (secondary N) is 2. The standard InChI is InChI=1S/C15H28N2O2.ClH/c1-11-5-3-7-14(12(11)2)17-15(18)10-16-9-13-6-4-8-19-13;/h11-14,16H,3-10H2,1-2H3,(H,17,18);1H. The number of carbonyl (C=O) groups excluding carboxylic acids is 1. The summed E-state index contributed by atoms with van der Waals surface area (Å²) >= 11 is 0. The molecule has 2 N–H and O–H groups in total. The first kappa shape index (κ1) is 17.7. The average Bonchev–Trinajstić information content (AvgIpc) is 2.88. The van der Waals surface area contributed by atoms with Crippen molar-refractivity contribution in [3.05, 3.63) is 0 Å². The zero-order valence-corrected chi connectivity index (χ0v) is 13.5. The molecule has 0 spiro atoms. The molecule has 4 nitrogen and oxygen atoms in total. The summed E-state index contributed by atoms with van der Waals surface area (Å²) in [6.07, 6.45) is 6.23. The van der Waals surface area contributed by atoms with E-state index in [9.17, 15) is 4.79 Å². The van der Waals surface area contributed by atoms with E-state index in [0.717, 1.165) is 38.3 Å². The van der Waals surface area contributed by atoms with Crippen LogP contribution in [0.5, 0.6) is 0 Å². The summed E-state index contributed by atoms with van der Waals surface area (Å²) in [6.45, 7) is 6.63. The van der Waals surface area contributed by atoms with Crippen molar-refractivity contribution < 1.29 is 9.53 Å². The maximum atomic E-state index is 11.9. The van der Waals surface area contributed by atoms with Gasteiger partial charge in [-0.15, -0.1) is 12.4 Å². The number of hydrogen-bond donors (Lipinski definition) is 2. The normalized spacial score (nSPS) is 33.5. The van der Waals surface area contributed by atoms with Gasteiger partial charge in [0.2, 0.25) is 5.91 Å². The Bertz CT molecular complexity index is 296. The summed E-state index contributed by atoms with van der Waals surface area (Å²) in [5, 5.41) is 6.39. The number of rotatable bonds is 5. The highest BCUT2D eigenvalue weighted by molar-refractivity contribution is 5.85. The summed E-state index contributed by atoms with van der Waals surface area (Å²) in [5.74, 6) is 1.44. The lowest BCUT2D eigenvalue weighted by molar-refractivity contribution is -0.121. The highest BCUT2D eigenvalue weighted by Crippen LogP contribution is 2.29. The Balaban J connectivity index is 0.00000200. The number of carbonyl (C=O) groups is 1. The van der Waals surface area contributed by atoms with Gasteiger partial charge in [-0.2, -0.15) is 0 Å². The number of hydrogen-bond acceptors (Lipinski definition) is 3. The van der Waals surface area contributed by atoms with Crippen LogP contribution in [0.4, 0.5) is 0 Å². The predicted molar refractivity (Wildman–Crippen MR) is 83.2 cm³/mol. The third kappa shape index (κ3) is 5.23. The summed E-state index contributed by atoms with van der Waals surface area (Å²) in [7, 11) is 0. The molecule has 2 fully saturated rings. The summed E-state index contributed by atoms with van der Waals surface area (Å²) in [5.41, 5.74) is 0. The van der Waals surface area contributed by atoms with E-state index in [-0.39, 0.29) is 18.3 Å². The van der Waals surface area contributed by atoms with E-state index in [4.69, 9.17) is 4.74 Å². The van der Waals surface area contributed by atoms with Crippen molar-refractivity contribution in [3.8, 4) is 0 Å². The molecule has 1 heterocycles. The quantitative estimate of drug-likeness (QED) is 0.818. The minimum absolute atomic E-state index is 0. The molecular formula is C15H29ClN2O2. The fourth-order valence-corrected chi connectivity index (χ4v) is 3.20. The van der Waals surface area contributed by atoms with Gasteiger partial charge in [0.1, 0.15) is 0 Å². The first-order chi connectivity index (χ1) is 9.16. The van der Waals surface area contributed by atoms with Crippen LogP contribution in [0.25, 0.3) is 0 Å². The van der Waals surface area contributed by atoms with Crippen molar-refractivity contribution >= 4 is 18.3 Å². The lowest BCUT2D eigenvalue weighted by atomic mass is 9.78. The summed E-state index contributed by atoms with van der Waals surface area (Å²) in [6, 6.07) is 0.362. The molecule has 0 aromatic heterocycles. The minimum Gasteiger partial charge on any atom is -0.377 e. The molecule has 0 aromatic rings. The zero-order valence-electron chi connectivity index (χ0n) is 12.7. The van der Waals surface area contributed by atoms with E-state index < -0.39 is 0 Å². The molecule has 4 atom stereocenters. The molecule has 0 aromatic carbocycles. The van der Waals surface area contributed by atoms with Gasteiger partial charge >= 0.3 is 0 Å². The van der Waals surface area contributed by atoms with Crippen molar-refractivity contribution in [2.24, 2.45) is 11.8 Å². The van der Waals surface area contributed by atoms with Crippen LogP contribution < -0.4 is 10.6 Å². The van der Waals surface area contributed by atoms with Gasteiger partial charge in [0, 0.05) is 19.2 Å². The van der Waals surface area contributed by atoms with Crippen LogP contribution in [0.2, 0.25) is 0 Å². The number of ether oxygens (including phenoxy) is 1. The molecule has 2 rings (SSSR count). The third-order valence-electron chi connectivity index (χ3n) is 4.73. The molecular weight excluding hydrogens is 276 g/mol. The average molecular weight is 305 g/mol. The second kappa shape index (κ2) is 8.85. The molecule has 5 heteroatoms. The maximum Gasteiger partial charge on any atom is 0.234 e. The third-order valence-corrected chi connectivity index (χ3v) is 4.73. The first-order valence-corrected chi connectivity index (χ1v) is 7.78. The molecule has 1 saturated carbocycles. The van der Waals surface area contributed by atoms with E-state index in [0.29, 0.717) is 24.6 Å². The maximum absolute atomic E-state index is 11.9. The summed E-state index contributed by atoms with van der Waals surface area (Å²) in [4.78, 5) is 11.9. The molecule has 118 valence electrons. The van der Waals surface area contributed by atoms with Crippen LogP contribution >= 0.6 is 12.4 Å². The molecule has 1 amide bonds. The van der Waals surface area contributed by atoms with Crippen LogP contribution in [0.3, 0.4) is 0 Å². The van der Waals surface area contributed by atoms with Gasteiger partial charge in [-0.3, -0.25) is 4.79 Å². The second-order valence-electron chi connectivity index (χ2n) is 6.21. The lowest BCUT2D eigenvalue weighted by Crippen LogP contribution is -2.47. The van der Waals surface area contributed by atoms with E-state index in [2.05, 4.69) is 24.5 Å². The smallest absolute Gasteiger partial charge is 0.234 e. The van der Waals surface area contributed by atoms with Crippen molar-refractivity contribution in [1.29, 1.82) is 0 Å². The Morgan fingerprint density at radius 1 is 1.20 bits per heavy atom. The van der Waals surface area contributed by atoms with Gasteiger partial charge in [-0.1, -0.05) is 26.7 Å². The SMILES string of the molecule is CC1CCCC(NC(=O)CNCC2CCCO2)C1C.Cl. The van der Waals surface area contributed by atoms with Crippen LogP contribution in [0.15, 0.2) is 0 Å². The second-order valence-corrected chi connectivity index (χ2v) is 6.21. The number of halogens is 1. The lowest BCUT2D eigenvalue weighted by Gasteiger charge is -2.34. The molecule has 1 aliphatic carbocycles. The Labute approximate surface area is 128 Å². The Morgan fingerprint density at radius 3 is 2.70 bits per heavy atom. The largest absolute Gasteiger partial charge is 0.377 e. The Hall–Kier alpha value is -0.320. The van der Waals surface area contributed by atoms with Crippen LogP contribution in [-0.2, 0) is 9.53 Å². The van der Waals surface area contributed by atoms with Crippen molar-refractivity contribution in [2.75, 3.05) is 19.7 Å². The highest BCUT2D eigenvalue weighted by Gasteiger charge is 2.27. The Kier molecular flexibility index (Phi) is 7.85. The molecule has 2 aliphatic rings. The van der Waals surface area contributed by atoms with Crippen LogP contribution in [0.1, 0.15) is 46.0 Å². The summed E-state index contributed by atoms with van der Waals surface area (Å²) < 4.78 is 5.52. The van der Waals surface area contributed by atoms with Gasteiger partial charge in [-0.25, -0.2) is 0 Å². The first-order valence-electron chi connectivity index (χ1n) is 7.78. The van der Waals surface area contributed by atoms with Crippen molar-refractivity contribution in [1.82, 2.24) is 10.6 Å². The van der Waals surface area contributed by atoms with Crippen LogP contribution in [0, 0.1) is 11.8 Å². The fraction of sp³-hybridized carbons (Fsp3) is 0.933. The van der Waals surface area contributed by atoms with Crippen LogP contribution in [-0.4, -0.2) is 37.7 Å². The van der Waals surface area contributed by atoms with Gasteiger partial charge in [0.05, 0.1) is 12.6 Å². The van der Waals surface area contributed by atoms with Gasteiger partial charge in [-0.05, 0) is 31.1 Å². The fourth-order valence-electron chi connectivity index (χ4n) is 3.20. The van der Waals surface area contributed by atoms with E-state index >= 15 is 0 Å². The van der Waals surface area contributed by atoms with Gasteiger partial charge < -0.3 is 15.4 Å². The van der Waals surface area contributed by atoms with Crippen molar-refractivity contribution in [3.63, 3.8) is 0 Å². The predicted octanol–water partition coefficient (Wildman–Crippen LogP) is 2.12. The minimum atomic E-state index is 0. The topological polar surface area (TPSA) is 50.4 Å². The number of amides is 1.